The maximum absolute atomic E-state index is 5.52. The standard InChI is InChI=1S/C16H19N3O/c1-19(2)16-6-4-14(11-18-16)17-10-12-3-5-15-13(9-12)7-8-20-15/h3-6,9,11,17H,7-8,10H2,1-2H3. The number of pyridine rings is 1. The van der Waals surface area contributed by atoms with Crippen LogP contribution in [0, 0.1) is 0 Å². The number of rotatable bonds is 4. The van der Waals surface area contributed by atoms with Crippen LogP contribution >= 0.6 is 0 Å². The van der Waals surface area contributed by atoms with Crippen molar-refractivity contribution in [2.24, 2.45) is 0 Å². The van der Waals surface area contributed by atoms with E-state index in [2.05, 4.69) is 34.6 Å². The monoisotopic (exact) mass is 269 g/mol. The van der Waals surface area contributed by atoms with E-state index < -0.39 is 0 Å². The summed E-state index contributed by atoms with van der Waals surface area (Å²) in [5.74, 6) is 2.00. The Kier molecular flexibility index (Phi) is 3.46. The van der Waals surface area contributed by atoms with Crippen LogP contribution in [0.5, 0.6) is 5.75 Å². The summed E-state index contributed by atoms with van der Waals surface area (Å²) in [6, 6.07) is 10.5. The molecule has 1 aromatic heterocycles. The van der Waals surface area contributed by atoms with E-state index in [9.17, 15) is 0 Å². The summed E-state index contributed by atoms with van der Waals surface area (Å²) in [7, 11) is 3.98. The highest BCUT2D eigenvalue weighted by atomic mass is 16.5. The van der Waals surface area contributed by atoms with Crippen molar-refractivity contribution in [2.45, 2.75) is 13.0 Å². The zero-order chi connectivity index (χ0) is 13.9. The molecule has 2 aromatic rings. The first-order chi connectivity index (χ1) is 9.72. The van der Waals surface area contributed by atoms with Gasteiger partial charge in [-0.2, -0.15) is 0 Å². The largest absolute Gasteiger partial charge is 0.493 e. The Labute approximate surface area is 119 Å². The highest BCUT2D eigenvalue weighted by molar-refractivity contribution is 5.48. The van der Waals surface area contributed by atoms with Crippen molar-refractivity contribution in [3.63, 3.8) is 0 Å². The van der Waals surface area contributed by atoms with Gasteiger partial charge in [0.1, 0.15) is 11.6 Å². The van der Waals surface area contributed by atoms with Gasteiger partial charge in [0.05, 0.1) is 18.5 Å². The number of benzene rings is 1. The highest BCUT2D eigenvalue weighted by Gasteiger charge is 2.11. The average Bonchev–Trinajstić information content (AvgIpc) is 2.93. The lowest BCUT2D eigenvalue weighted by molar-refractivity contribution is 0.357. The van der Waals surface area contributed by atoms with Crippen LogP contribution in [0.1, 0.15) is 11.1 Å². The summed E-state index contributed by atoms with van der Waals surface area (Å²) < 4.78 is 5.52. The van der Waals surface area contributed by atoms with Crippen molar-refractivity contribution in [1.82, 2.24) is 4.98 Å². The number of nitrogens with one attached hydrogen (secondary N) is 1. The molecular formula is C16H19N3O. The lowest BCUT2D eigenvalue weighted by Crippen LogP contribution is -2.10. The number of fused-ring (bicyclic) bond motifs is 1. The Morgan fingerprint density at radius 3 is 2.90 bits per heavy atom. The number of hydrogen-bond donors (Lipinski definition) is 1. The molecule has 0 fully saturated rings. The first-order valence-corrected chi connectivity index (χ1v) is 6.84. The molecule has 4 nitrogen and oxygen atoms in total. The fraction of sp³-hybridized carbons (Fsp3) is 0.312. The molecule has 0 aliphatic carbocycles. The number of ether oxygens (including phenoxy) is 1. The molecular weight excluding hydrogens is 250 g/mol. The van der Waals surface area contributed by atoms with Crippen LogP contribution in [0.4, 0.5) is 11.5 Å². The Morgan fingerprint density at radius 2 is 2.15 bits per heavy atom. The van der Waals surface area contributed by atoms with E-state index in [-0.39, 0.29) is 0 Å². The first kappa shape index (κ1) is 12.8. The molecule has 0 radical (unpaired) electrons. The fourth-order valence-electron chi connectivity index (χ4n) is 2.31. The molecule has 0 bridgehead atoms. The van der Waals surface area contributed by atoms with E-state index in [0.29, 0.717) is 0 Å². The third-order valence-electron chi connectivity index (χ3n) is 3.46. The maximum Gasteiger partial charge on any atom is 0.128 e. The molecule has 4 heteroatoms. The number of aromatic nitrogens is 1. The van der Waals surface area contributed by atoms with E-state index >= 15 is 0 Å². The van der Waals surface area contributed by atoms with Gasteiger partial charge in [-0.1, -0.05) is 12.1 Å². The lowest BCUT2D eigenvalue weighted by atomic mass is 10.1. The normalized spacial score (nSPS) is 12.7. The summed E-state index contributed by atoms with van der Waals surface area (Å²) >= 11 is 0. The summed E-state index contributed by atoms with van der Waals surface area (Å²) in [5.41, 5.74) is 3.61. The molecule has 1 aliphatic heterocycles. The number of anilines is 2. The smallest absolute Gasteiger partial charge is 0.128 e. The van der Waals surface area contributed by atoms with Crippen LogP contribution in [0.15, 0.2) is 36.5 Å². The van der Waals surface area contributed by atoms with Crippen LogP contribution in [-0.2, 0) is 13.0 Å². The van der Waals surface area contributed by atoms with Gasteiger partial charge in [0.2, 0.25) is 0 Å². The number of hydrogen-bond acceptors (Lipinski definition) is 4. The molecule has 0 unspecified atom stereocenters. The molecule has 3 rings (SSSR count). The molecule has 0 spiro atoms. The zero-order valence-corrected chi connectivity index (χ0v) is 11.9. The van der Waals surface area contributed by atoms with Crippen molar-refractivity contribution in [3.8, 4) is 5.75 Å². The Bertz CT molecular complexity index is 593. The summed E-state index contributed by atoms with van der Waals surface area (Å²) in [6.07, 6.45) is 2.88. The third kappa shape index (κ3) is 2.69. The van der Waals surface area contributed by atoms with E-state index in [1.54, 1.807) is 0 Å². The van der Waals surface area contributed by atoms with Crippen molar-refractivity contribution >= 4 is 11.5 Å². The van der Waals surface area contributed by atoms with Crippen LogP contribution in [-0.4, -0.2) is 25.7 Å². The number of nitrogens with zero attached hydrogens (tertiary/aromatic N) is 2. The van der Waals surface area contributed by atoms with Crippen molar-refractivity contribution in [3.05, 3.63) is 47.7 Å². The first-order valence-electron chi connectivity index (χ1n) is 6.84. The van der Waals surface area contributed by atoms with Crippen LogP contribution in [0.3, 0.4) is 0 Å². The lowest BCUT2D eigenvalue weighted by Gasteiger charge is -2.12. The van der Waals surface area contributed by atoms with Gasteiger partial charge in [0, 0.05) is 27.1 Å². The fourth-order valence-corrected chi connectivity index (χ4v) is 2.31. The molecule has 1 aliphatic rings. The third-order valence-corrected chi connectivity index (χ3v) is 3.46. The van der Waals surface area contributed by atoms with Crippen molar-refractivity contribution in [1.29, 1.82) is 0 Å². The van der Waals surface area contributed by atoms with Gasteiger partial charge in [-0.25, -0.2) is 4.98 Å². The Morgan fingerprint density at radius 1 is 1.25 bits per heavy atom. The average molecular weight is 269 g/mol. The quantitative estimate of drug-likeness (QED) is 0.926. The minimum absolute atomic E-state index is 0.802. The second kappa shape index (κ2) is 5.41. The molecule has 0 amide bonds. The van der Waals surface area contributed by atoms with Crippen molar-refractivity contribution in [2.75, 3.05) is 30.9 Å². The van der Waals surface area contributed by atoms with E-state index in [4.69, 9.17) is 4.74 Å². The second-order valence-electron chi connectivity index (χ2n) is 5.19. The Balaban J connectivity index is 1.64. The van der Waals surface area contributed by atoms with E-state index in [1.807, 2.05) is 31.3 Å². The van der Waals surface area contributed by atoms with Crippen LogP contribution < -0.4 is 15.0 Å². The van der Waals surface area contributed by atoms with Crippen LogP contribution in [0.2, 0.25) is 0 Å². The van der Waals surface area contributed by atoms with E-state index in [1.165, 1.54) is 11.1 Å². The minimum atomic E-state index is 0.802. The molecule has 1 N–H and O–H groups in total. The maximum atomic E-state index is 5.52. The van der Waals surface area contributed by atoms with Gasteiger partial charge in [0.25, 0.3) is 0 Å². The van der Waals surface area contributed by atoms with Crippen molar-refractivity contribution < 1.29 is 4.74 Å². The molecule has 0 saturated heterocycles. The van der Waals surface area contributed by atoms with E-state index in [0.717, 1.165) is 36.8 Å². The predicted molar refractivity (Wildman–Crippen MR) is 81.5 cm³/mol. The minimum Gasteiger partial charge on any atom is -0.493 e. The summed E-state index contributed by atoms with van der Waals surface area (Å²) in [6.45, 7) is 1.61. The predicted octanol–water partition coefficient (Wildman–Crippen LogP) is 2.69. The molecule has 0 saturated carbocycles. The Hall–Kier alpha value is -2.23. The highest BCUT2D eigenvalue weighted by Crippen LogP contribution is 2.26. The SMILES string of the molecule is CN(C)c1ccc(NCc2ccc3c(c2)CCO3)cn1. The molecule has 104 valence electrons. The van der Waals surface area contributed by atoms with Gasteiger partial charge < -0.3 is 15.0 Å². The molecule has 2 heterocycles. The zero-order valence-electron chi connectivity index (χ0n) is 11.9. The second-order valence-corrected chi connectivity index (χ2v) is 5.19. The topological polar surface area (TPSA) is 37.4 Å². The van der Waals surface area contributed by atoms with Gasteiger partial charge in [-0.3, -0.25) is 0 Å². The van der Waals surface area contributed by atoms with Gasteiger partial charge >= 0.3 is 0 Å². The van der Waals surface area contributed by atoms with Gasteiger partial charge in [-0.15, -0.1) is 0 Å². The molecule has 1 aromatic carbocycles. The molecule has 20 heavy (non-hydrogen) atoms. The molecule has 0 atom stereocenters. The van der Waals surface area contributed by atoms with Crippen LogP contribution in [0.25, 0.3) is 0 Å². The van der Waals surface area contributed by atoms with Gasteiger partial charge in [-0.05, 0) is 29.3 Å². The summed E-state index contributed by atoms with van der Waals surface area (Å²) in [4.78, 5) is 6.38. The van der Waals surface area contributed by atoms with Gasteiger partial charge in [0.15, 0.2) is 0 Å². The summed E-state index contributed by atoms with van der Waals surface area (Å²) in [5, 5.41) is 3.40.